The smallest absolute Gasteiger partial charge is 0.213 e. The molecule has 1 fully saturated rings. The molecule has 5 rings (SSSR count). The van der Waals surface area contributed by atoms with E-state index in [1.54, 1.807) is 23.1 Å². The van der Waals surface area contributed by atoms with E-state index in [0.717, 1.165) is 35.3 Å². The molecule has 0 saturated carbocycles. The number of nitrogens with one attached hydrogen (secondary N) is 1. The molecule has 9 heteroatoms. The lowest BCUT2D eigenvalue weighted by Gasteiger charge is -2.10. The van der Waals surface area contributed by atoms with Crippen LogP contribution in [0.3, 0.4) is 0 Å². The Morgan fingerprint density at radius 1 is 1.08 bits per heavy atom. The van der Waals surface area contributed by atoms with Gasteiger partial charge in [-0.15, -0.1) is 0 Å². The van der Waals surface area contributed by atoms with Gasteiger partial charge in [-0.3, -0.25) is 4.98 Å². The van der Waals surface area contributed by atoms with Gasteiger partial charge in [0.05, 0.1) is 31.2 Å². The third kappa shape index (κ3) is 5.86. The number of pyridine rings is 2. The average molecular weight is 483 g/mol. The second-order valence-electron chi connectivity index (χ2n) is 8.25. The summed E-state index contributed by atoms with van der Waals surface area (Å²) in [5, 5.41) is 17.6. The molecular weight excluding hydrogens is 456 g/mol. The summed E-state index contributed by atoms with van der Waals surface area (Å²) < 4.78 is 18.2. The van der Waals surface area contributed by atoms with Crippen molar-refractivity contribution in [1.82, 2.24) is 19.7 Å². The van der Waals surface area contributed by atoms with E-state index >= 15 is 0 Å². The van der Waals surface area contributed by atoms with Crippen LogP contribution in [0.5, 0.6) is 5.88 Å². The topological polar surface area (TPSA) is 107 Å². The van der Waals surface area contributed by atoms with Crippen molar-refractivity contribution in [2.75, 3.05) is 25.1 Å². The van der Waals surface area contributed by atoms with Crippen LogP contribution in [0, 0.1) is 11.3 Å². The Bertz CT molecular complexity index is 1290. The van der Waals surface area contributed by atoms with Crippen LogP contribution in [0.15, 0.2) is 73.2 Å². The van der Waals surface area contributed by atoms with Crippen molar-refractivity contribution >= 4 is 5.69 Å². The lowest BCUT2D eigenvalue weighted by molar-refractivity contribution is -0.0493. The minimum absolute atomic E-state index is 0.0960. The van der Waals surface area contributed by atoms with Gasteiger partial charge in [-0.2, -0.15) is 10.4 Å². The Balaban J connectivity index is 1.13. The lowest BCUT2D eigenvalue weighted by Crippen LogP contribution is -2.10. The first kappa shape index (κ1) is 23.5. The number of ether oxygens (including phenoxy) is 3. The van der Waals surface area contributed by atoms with Gasteiger partial charge in [-0.05, 0) is 48.4 Å². The van der Waals surface area contributed by atoms with Gasteiger partial charge in [-0.25, -0.2) is 9.67 Å². The van der Waals surface area contributed by atoms with E-state index in [-0.39, 0.29) is 6.29 Å². The van der Waals surface area contributed by atoms with Gasteiger partial charge in [-0.1, -0.05) is 6.07 Å². The molecule has 0 radical (unpaired) electrons. The first-order valence-electron chi connectivity index (χ1n) is 11.8. The number of nitriles is 1. The predicted molar refractivity (Wildman–Crippen MR) is 133 cm³/mol. The Morgan fingerprint density at radius 2 is 1.94 bits per heavy atom. The van der Waals surface area contributed by atoms with Crippen LogP contribution in [0.2, 0.25) is 0 Å². The Kier molecular flexibility index (Phi) is 7.46. The van der Waals surface area contributed by atoms with Crippen LogP contribution in [-0.2, 0) is 16.0 Å². The number of hydrogen-bond donors (Lipinski definition) is 1. The molecule has 0 atom stereocenters. The Labute approximate surface area is 209 Å². The van der Waals surface area contributed by atoms with Crippen molar-refractivity contribution in [3.63, 3.8) is 0 Å². The maximum absolute atomic E-state index is 9.57. The minimum Gasteiger partial charge on any atom is -0.478 e. The molecule has 182 valence electrons. The monoisotopic (exact) mass is 482 g/mol. The molecule has 0 unspecified atom stereocenters. The molecule has 9 nitrogen and oxygen atoms in total. The van der Waals surface area contributed by atoms with Crippen LogP contribution < -0.4 is 10.1 Å². The summed E-state index contributed by atoms with van der Waals surface area (Å²) in [6.45, 7) is 2.55. The van der Waals surface area contributed by atoms with E-state index in [9.17, 15) is 5.26 Å². The van der Waals surface area contributed by atoms with E-state index in [0.29, 0.717) is 43.6 Å². The summed E-state index contributed by atoms with van der Waals surface area (Å²) in [5.41, 5.74) is 4.83. The number of nitrogens with zero attached hydrogens (tertiary/aromatic N) is 5. The molecule has 4 heterocycles. The van der Waals surface area contributed by atoms with Crippen LogP contribution in [0.4, 0.5) is 5.69 Å². The highest BCUT2D eigenvalue weighted by Crippen LogP contribution is 2.22. The maximum Gasteiger partial charge on any atom is 0.213 e. The second kappa shape index (κ2) is 11.4. The average Bonchev–Trinajstić information content (AvgIpc) is 3.62. The largest absolute Gasteiger partial charge is 0.478 e. The summed E-state index contributed by atoms with van der Waals surface area (Å²) in [7, 11) is 0. The molecular formula is C27H26N6O3. The van der Waals surface area contributed by atoms with Gasteiger partial charge in [0.15, 0.2) is 6.29 Å². The fourth-order valence-corrected chi connectivity index (χ4v) is 3.84. The molecule has 4 aromatic rings. The molecule has 1 aliphatic heterocycles. The normalized spacial score (nSPS) is 13.4. The van der Waals surface area contributed by atoms with Crippen molar-refractivity contribution in [2.24, 2.45) is 0 Å². The predicted octanol–water partition coefficient (Wildman–Crippen LogP) is 4.34. The number of anilines is 1. The molecule has 1 N–H and O–H groups in total. The number of benzene rings is 1. The summed E-state index contributed by atoms with van der Waals surface area (Å²) >= 11 is 0. The van der Waals surface area contributed by atoms with E-state index in [1.807, 2.05) is 54.7 Å². The molecule has 1 aromatic carbocycles. The van der Waals surface area contributed by atoms with Gasteiger partial charge < -0.3 is 19.5 Å². The van der Waals surface area contributed by atoms with Gasteiger partial charge in [0.1, 0.15) is 11.8 Å². The lowest BCUT2D eigenvalue weighted by atomic mass is 10.2. The van der Waals surface area contributed by atoms with E-state index in [1.165, 1.54) is 0 Å². The standard InChI is InChI=1S/C27H26N6O3/c28-16-24-15-25(21-3-1-11-29-19-21)32-33(24)23-8-6-22(7-9-23)30-17-20-5-10-26(31-18-20)34-12-2-4-27-35-13-14-36-27/h1,3,5-11,15,18-19,27,30H,2,4,12-14,17H2. The fourth-order valence-electron chi connectivity index (χ4n) is 3.84. The maximum atomic E-state index is 9.57. The zero-order chi connectivity index (χ0) is 24.6. The van der Waals surface area contributed by atoms with E-state index in [2.05, 4.69) is 26.5 Å². The molecule has 1 aliphatic rings. The molecule has 0 spiro atoms. The summed E-state index contributed by atoms with van der Waals surface area (Å²) in [5.74, 6) is 0.606. The molecule has 1 saturated heterocycles. The highest BCUT2D eigenvalue weighted by Gasteiger charge is 2.15. The minimum atomic E-state index is -0.0960. The van der Waals surface area contributed by atoms with Crippen LogP contribution in [0.25, 0.3) is 16.9 Å². The third-order valence-corrected chi connectivity index (χ3v) is 5.71. The van der Waals surface area contributed by atoms with Crippen molar-refractivity contribution in [3.8, 4) is 28.9 Å². The Hall–Kier alpha value is -4.26. The Morgan fingerprint density at radius 3 is 2.67 bits per heavy atom. The van der Waals surface area contributed by atoms with Crippen LogP contribution >= 0.6 is 0 Å². The SMILES string of the molecule is N#Cc1cc(-c2cccnc2)nn1-c1ccc(NCc2ccc(OCCCC3OCCO3)nc2)cc1. The summed E-state index contributed by atoms with van der Waals surface area (Å²) in [4.78, 5) is 8.52. The van der Waals surface area contributed by atoms with Gasteiger partial charge in [0, 0.05) is 54.9 Å². The molecule has 3 aromatic heterocycles. The van der Waals surface area contributed by atoms with E-state index in [4.69, 9.17) is 14.2 Å². The zero-order valence-corrected chi connectivity index (χ0v) is 19.7. The second-order valence-corrected chi connectivity index (χ2v) is 8.25. The number of hydrogen-bond acceptors (Lipinski definition) is 8. The highest BCUT2D eigenvalue weighted by atomic mass is 16.7. The highest BCUT2D eigenvalue weighted by molar-refractivity contribution is 5.60. The van der Waals surface area contributed by atoms with Gasteiger partial charge in [0.2, 0.25) is 5.88 Å². The molecule has 0 amide bonds. The third-order valence-electron chi connectivity index (χ3n) is 5.71. The summed E-state index contributed by atoms with van der Waals surface area (Å²) in [6, 6.07) is 19.4. The first-order valence-corrected chi connectivity index (χ1v) is 11.8. The van der Waals surface area contributed by atoms with Crippen molar-refractivity contribution < 1.29 is 14.2 Å². The quantitative estimate of drug-likeness (QED) is 0.333. The van der Waals surface area contributed by atoms with Gasteiger partial charge in [0.25, 0.3) is 0 Å². The first-order chi connectivity index (χ1) is 17.8. The van der Waals surface area contributed by atoms with Crippen LogP contribution in [0.1, 0.15) is 24.1 Å². The van der Waals surface area contributed by atoms with Crippen molar-refractivity contribution in [3.05, 3.63) is 84.4 Å². The fraction of sp³-hybridized carbons (Fsp3) is 0.259. The van der Waals surface area contributed by atoms with E-state index < -0.39 is 0 Å². The number of aromatic nitrogens is 4. The molecule has 36 heavy (non-hydrogen) atoms. The van der Waals surface area contributed by atoms with Crippen molar-refractivity contribution in [1.29, 1.82) is 5.26 Å². The van der Waals surface area contributed by atoms with Crippen LogP contribution in [-0.4, -0.2) is 45.9 Å². The molecule has 0 bridgehead atoms. The van der Waals surface area contributed by atoms with Crippen molar-refractivity contribution in [2.45, 2.75) is 25.7 Å². The molecule has 0 aliphatic carbocycles. The summed E-state index contributed by atoms with van der Waals surface area (Å²) in [6.07, 6.45) is 6.83. The number of rotatable bonds is 10. The van der Waals surface area contributed by atoms with Gasteiger partial charge >= 0.3 is 0 Å². The zero-order valence-electron chi connectivity index (χ0n) is 19.7.